The monoisotopic (exact) mass is 574 g/mol. The molecule has 3 rings (SSSR count). The molecule has 1 N–H and O–H groups in total. The molecule has 14 heteroatoms. The highest BCUT2D eigenvalue weighted by atomic mass is 35.5. The summed E-state index contributed by atoms with van der Waals surface area (Å²) in [5, 5.41) is 4.41. The lowest BCUT2D eigenvalue weighted by Crippen LogP contribution is -2.43. The maximum Gasteiger partial charge on any atom is 0.397 e. The van der Waals surface area contributed by atoms with Crippen molar-refractivity contribution in [3.8, 4) is 11.7 Å². The lowest BCUT2D eigenvalue weighted by Gasteiger charge is -2.26. The summed E-state index contributed by atoms with van der Waals surface area (Å²) in [5.74, 6) is -0.893. The SMILES string of the molecule is CC(C)(COc1ccn(-c2ccc(C(=O)NS(=O)(=O)c3ccccc3[Si](C)(C)C)c(Cl)n2)n1)C(F)(F)F. The highest BCUT2D eigenvalue weighted by molar-refractivity contribution is 7.90. The molecule has 0 unspecified atom stereocenters. The van der Waals surface area contributed by atoms with Gasteiger partial charge in [-0.25, -0.2) is 22.8 Å². The van der Waals surface area contributed by atoms with Crippen molar-refractivity contribution < 1.29 is 31.1 Å². The average molecular weight is 575 g/mol. The normalized spacial score (nSPS) is 12.9. The number of alkyl halides is 3. The van der Waals surface area contributed by atoms with Gasteiger partial charge in [-0.05, 0) is 37.2 Å². The van der Waals surface area contributed by atoms with Gasteiger partial charge in [0.25, 0.3) is 15.9 Å². The van der Waals surface area contributed by atoms with Crippen molar-refractivity contribution in [1.82, 2.24) is 19.5 Å². The van der Waals surface area contributed by atoms with Crippen molar-refractivity contribution in [3.05, 3.63) is 59.4 Å². The van der Waals surface area contributed by atoms with Gasteiger partial charge in [-0.3, -0.25) is 4.79 Å². The summed E-state index contributed by atoms with van der Waals surface area (Å²) in [6.45, 7) is 7.36. The average Bonchev–Trinajstić information content (AvgIpc) is 3.25. The number of halogens is 4. The smallest absolute Gasteiger partial charge is 0.397 e. The van der Waals surface area contributed by atoms with Gasteiger partial charge in [-0.1, -0.05) is 49.4 Å². The van der Waals surface area contributed by atoms with Crippen LogP contribution in [0.5, 0.6) is 5.88 Å². The number of carbonyl (C=O) groups excluding carboxylic acids is 1. The van der Waals surface area contributed by atoms with Crippen LogP contribution in [0.4, 0.5) is 13.2 Å². The number of hydrogen-bond donors (Lipinski definition) is 1. The summed E-state index contributed by atoms with van der Waals surface area (Å²) >= 11 is 6.17. The Kier molecular flexibility index (Phi) is 7.83. The van der Waals surface area contributed by atoms with Crippen LogP contribution < -0.4 is 14.6 Å². The molecule has 0 saturated carbocycles. The summed E-state index contributed by atoms with van der Waals surface area (Å²) in [5.41, 5.74) is -2.27. The van der Waals surface area contributed by atoms with E-state index in [0.29, 0.717) is 5.19 Å². The highest BCUT2D eigenvalue weighted by Gasteiger charge is 2.48. The van der Waals surface area contributed by atoms with E-state index in [-0.39, 0.29) is 27.3 Å². The molecule has 0 bridgehead atoms. The number of pyridine rings is 1. The number of carbonyl (C=O) groups is 1. The van der Waals surface area contributed by atoms with Crippen molar-refractivity contribution in [1.29, 1.82) is 0 Å². The van der Waals surface area contributed by atoms with Crippen LogP contribution in [-0.4, -0.2) is 49.9 Å². The van der Waals surface area contributed by atoms with Crippen molar-refractivity contribution in [2.24, 2.45) is 5.41 Å². The Morgan fingerprint density at radius 1 is 1.11 bits per heavy atom. The fourth-order valence-electron chi connectivity index (χ4n) is 3.12. The second-order valence-electron chi connectivity index (χ2n) is 9.96. The molecule has 3 aromatic rings. The molecule has 0 atom stereocenters. The first kappa shape index (κ1) is 28.7. The van der Waals surface area contributed by atoms with Gasteiger partial charge >= 0.3 is 6.18 Å². The maximum atomic E-state index is 13.0. The minimum absolute atomic E-state index is 0.0287. The summed E-state index contributed by atoms with van der Waals surface area (Å²) in [6.07, 6.45) is -3.06. The molecule has 1 amide bonds. The van der Waals surface area contributed by atoms with E-state index >= 15 is 0 Å². The third kappa shape index (κ3) is 6.51. The van der Waals surface area contributed by atoms with Crippen molar-refractivity contribution >= 4 is 40.8 Å². The first-order valence-corrected chi connectivity index (χ1v) is 16.4. The zero-order chi connectivity index (χ0) is 27.8. The first-order chi connectivity index (χ1) is 16.9. The summed E-state index contributed by atoms with van der Waals surface area (Å²) < 4.78 is 73.5. The molecule has 37 heavy (non-hydrogen) atoms. The van der Waals surface area contributed by atoms with Crippen LogP contribution in [0.3, 0.4) is 0 Å². The number of benzene rings is 1. The van der Waals surface area contributed by atoms with Crippen molar-refractivity contribution in [3.63, 3.8) is 0 Å². The lowest BCUT2D eigenvalue weighted by atomic mass is 9.94. The van der Waals surface area contributed by atoms with Gasteiger partial charge in [0.1, 0.15) is 11.8 Å². The molecule has 2 aromatic heterocycles. The van der Waals surface area contributed by atoms with Crippen molar-refractivity contribution in [2.75, 3.05) is 6.61 Å². The van der Waals surface area contributed by atoms with Crippen LogP contribution in [0.15, 0.2) is 53.6 Å². The van der Waals surface area contributed by atoms with E-state index in [4.69, 9.17) is 16.3 Å². The molecular weight excluding hydrogens is 549 g/mol. The molecule has 1 aromatic carbocycles. The number of hydrogen-bond acceptors (Lipinski definition) is 6. The Labute approximate surface area is 218 Å². The van der Waals surface area contributed by atoms with E-state index < -0.39 is 42.2 Å². The Morgan fingerprint density at radius 2 is 1.76 bits per heavy atom. The summed E-state index contributed by atoms with van der Waals surface area (Å²) in [6, 6.07) is 10.5. The molecule has 0 aliphatic heterocycles. The maximum absolute atomic E-state index is 13.0. The van der Waals surface area contributed by atoms with E-state index in [1.807, 2.05) is 24.4 Å². The van der Waals surface area contributed by atoms with Crippen LogP contribution in [0.1, 0.15) is 24.2 Å². The number of rotatable bonds is 8. The second-order valence-corrected chi connectivity index (χ2v) is 17.0. The largest absolute Gasteiger partial charge is 0.476 e. The Morgan fingerprint density at radius 3 is 2.35 bits per heavy atom. The van der Waals surface area contributed by atoms with Crippen LogP contribution in [0.2, 0.25) is 24.8 Å². The summed E-state index contributed by atoms with van der Waals surface area (Å²) in [7, 11) is -6.23. The molecule has 0 spiro atoms. The van der Waals surface area contributed by atoms with E-state index in [1.54, 1.807) is 18.2 Å². The molecule has 2 heterocycles. The predicted octanol–water partition coefficient (Wildman–Crippen LogP) is 4.55. The fourth-order valence-corrected chi connectivity index (χ4v) is 7.18. The number of sulfonamides is 1. The number of nitrogens with zero attached hydrogens (tertiary/aromatic N) is 3. The van der Waals surface area contributed by atoms with Gasteiger partial charge in [-0.15, -0.1) is 5.10 Å². The van der Waals surface area contributed by atoms with Gasteiger partial charge in [0, 0.05) is 12.3 Å². The molecule has 0 aliphatic carbocycles. The zero-order valence-electron chi connectivity index (χ0n) is 20.7. The third-order valence-electron chi connectivity index (χ3n) is 5.44. The second kappa shape index (κ2) is 10.1. The first-order valence-electron chi connectivity index (χ1n) is 11.0. The molecule has 8 nitrogen and oxygen atoms in total. The minimum Gasteiger partial charge on any atom is -0.476 e. The minimum atomic E-state index is -4.45. The topological polar surface area (TPSA) is 103 Å². The Hall–Kier alpha value is -2.90. The molecule has 200 valence electrons. The van der Waals surface area contributed by atoms with Gasteiger partial charge < -0.3 is 4.74 Å². The molecule has 0 radical (unpaired) electrons. The van der Waals surface area contributed by atoms with Gasteiger partial charge in [0.15, 0.2) is 5.82 Å². The highest BCUT2D eigenvalue weighted by Crippen LogP contribution is 2.37. The lowest BCUT2D eigenvalue weighted by molar-refractivity contribution is -0.219. The Balaban J connectivity index is 1.78. The third-order valence-corrected chi connectivity index (χ3v) is 9.35. The quantitative estimate of drug-likeness (QED) is 0.313. The molecule has 0 aliphatic rings. The number of nitrogens with one attached hydrogen (secondary N) is 1. The van der Waals surface area contributed by atoms with Crippen LogP contribution in [0, 0.1) is 5.41 Å². The molecule has 0 fully saturated rings. The number of aromatic nitrogens is 3. The van der Waals surface area contributed by atoms with E-state index in [1.165, 1.54) is 35.1 Å². The van der Waals surface area contributed by atoms with Crippen LogP contribution in [0.25, 0.3) is 5.82 Å². The van der Waals surface area contributed by atoms with E-state index in [0.717, 1.165) is 13.8 Å². The van der Waals surface area contributed by atoms with Crippen LogP contribution in [-0.2, 0) is 10.0 Å². The fraction of sp³-hybridized carbons (Fsp3) is 0.348. The van der Waals surface area contributed by atoms with Gasteiger partial charge in [0.05, 0.1) is 23.9 Å². The predicted molar refractivity (Wildman–Crippen MR) is 136 cm³/mol. The Bertz CT molecular complexity index is 1420. The van der Waals surface area contributed by atoms with Gasteiger partial charge in [0.2, 0.25) is 5.88 Å². The van der Waals surface area contributed by atoms with Crippen LogP contribution >= 0.6 is 11.6 Å². The van der Waals surface area contributed by atoms with E-state index in [2.05, 4.69) is 10.1 Å². The summed E-state index contributed by atoms with van der Waals surface area (Å²) in [4.78, 5) is 16.9. The van der Waals surface area contributed by atoms with Crippen molar-refractivity contribution in [2.45, 2.75) is 44.6 Å². The molecule has 0 saturated heterocycles. The standard InChI is InChI=1S/C23H26ClF3N4O4SSi/c1-22(2,23(25,26)27)14-35-19-12-13-31(29-19)18-11-10-15(20(24)28-18)21(32)30-36(33,34)16-8-6-7-9-17(16)37(3,4)5/h6-13H,14H2,1-5H3,(H,30,32). The van der Waals surface area contributed by atoms with E-state index in [9.17, 15) is 26.4 Å². The number of amides is 1. The number of ether oxygens (including phenoxy) is 1. The zero-order valence-corrected chi connectivity index (χ0v) is 23.3. The molecular formula is C23H26ClF3N4O4SSi. The van der Waals surface area contributed by atoms with Gasteiger partial charge in [-0.2, -0.15) is 13.2 Å².